The number of pyridine rings is 1. The van der Waals surface area contributed by atoms with Crippen molar-refractivity contribution in [2.75, 3.05) is 31.5 Å². The Morgan fingerprint density at radius 1 is 1.38 bits per heavy atom. The topological polar surface area (TPSA) is 57.3 Å². The second kappa shape index (κ2) is 8.56. The highest BCUT2D eigenvalue weighted by Crippen LogP contribution is 2.13. The van der Waals surface area contributed by atoms with Gasteiger partial charge < -0.3 is 15.5 Å². The maximum Gasteiger partial charge on any atom is 0.255 e. The number of carbonyl (C=O) groups excluding carboxylic acids is 1. The average molecular weight is 296 g/mol. The molecule has 6 heteroatoms. The molecule has 1 unspecified atom stereocenters. The molecule has 0 aliphatic heterocycles. The van der Waals surface area contributed by atoms with Crippen LogP contribution in [0.2, 0.25) is 0 Å². The Bertz CT molecular complexity index is 463. The summed E-state index contributed by atoms with van der Waals surface area (Å²) in [5, 5.41) is 5.87. The number of rotatable bonds is 8. The van der Waals surface area contributed by atoms with Crippen molar-refractivity contribution in [2.45, 2.75) is 33.7 Å². The SMILES string of the molecule is CCNc1ncc(F)cc1C(=O)NC(C)CN(CC)CC. The highest BCUT2D eigenvalue weighted by molar-refractivity contribution is 5.98. The lowest BCUT2D eigenvalue weighted by Crippen LogP contribution is -2.42. The summed E-state index contributed by atoms with van der Waals surface area (Å²) in [6.07, 6.45) is 1.11. The van der Waals surface area contributed by atoms with Gasteiger partial charge in [-0.15, -0.1) is 0 Å². The summed E-state index contributed by atoms with van der Waals surface area (Å²) in [7, 11) is 0. The molecule has 1 heterocycles. The Morgan fingerprint density at radius 2 is 2.05 bits per heavy atom. The molecule has 0 bridgehead atoms. The molecule has 0 aromatic carbocycles. The summed E-state index contributed by atoms with van der Waals surface area (Å²) in [6, 6.07) is 1.19. The predicted molar refractivity (Wildman–Crippen MR) is 83.1 cm³/mol. The van der Waals surface area contributed by atoms with Crippen LogP contribution in [0, 0.1) is 5.82 Å². The summed E-state index contributed by atoms with van der Waals surface area (Å²) < 4.78 is 13.3. The Labute approximate surface area is 125 Å². The minimum Gasteiger partial charge on any atom is -0.370 e. The molecule has 0 saturated carbocycles. The minimum atomic E-state index is -0.516. The lowest BCUT2D eigenvalue weighted by Gasteiger charge is -2.23. The number of carbonyl (C=O) groups is 1. The highest BCUT2D eigenvalue weighted by atomic mass is 19.1. The molecule has 21 heavy (non-hydrogen) atoms. The predicted octanol–water partition coefficient (Wildman–Crippen LogP) is 2.11. The number of nitrogens with zero attached hydrogens (tertiary/aromatic N) is 2. The molecule has 1 rings (SSSR count). The number of hydrogen-bond acceptors (Lipinski definition) is 4. The molecular weight excluding hydrogens is 271 g/mol. The van der Waals surface area contributed by atoms with Gasteiger partial charge in [-0.1, -0.05) is 13.8 Å². The summed E-state index contributed by atoms with van der Waals surface area (Å²) in [4.78, 5) is 18.4. The average Bonchev–Trinajstić information content (AvgIpc) is 2.46. The van der Waals surface area contributed by atoms with Crippen LogP contribution in [0.3, 0.4) is 0 Å². The zero-order valence-electron chi connectivity index (χ0n) is 13.2. The van der Waals surface area contributed by atoms with Crippen molar-refractivity contribution in [1.82, 2.24) is 15.2 Å². The number of nitrogens with one attached hydrogen (secondary N) is 2. The Balaban J connectivity index is 2.76. The van der Waals surface area contributed by atoms with Gasteiger partial charge in [0.05, 0.1) is 11.8 Å². The van der Waals surface area contributed by atoms with E-state index in [1.54, 1.807) is 0 Å². The van der Waals surface area contributed by atoms with Crippen LogP contribution in [-0.2, 0) is 0 Å². The zero-order chi connectivity index (χ0) is 15.8. The molecule has 1 atom stereocenters. The van der Waals surface area contributed by atoms with Crippen LogP contribution in [0.5, 0.6) is 0 Å². The Hall–Kier alpha value is -1.69. The molecular formula is C15H25FN4O. The summed E-state index contributed by atoms with van der Waals surface area (Å²) >= 11 is 0. The zero-order valence-corrected chi connectivity index (χ0v) is 13.2. The van der Waals surface area contributed by atoms with Crippen molar-refractivity contribution in [2.24, 2.45) is 0 Å². The van der Waals surface area contributed by atoms with Gasteiger partial charge in [0.15, 0.2) is 0 Å². The molecule has 0 spiro atoms. The van der Waals surface area contributed by atoms with E-state index in [1.807, 2.05) is 13.8 Å². The van der Waals surface area contributed by atoms with Gasteiger partial charge in [-0.2, -0.15) is 0 Å². The second-order valence-electron chi connectivity index (χ2n) is 4.94. The quantitative estimate of drug-likeness (QED) is 0.771. The van der Waals surface area contributed by atoms with E-state index in [4.69, 9.17) is 0 Å². The van der Waals surface area contributed by atoms with Crippen LogP contribution in [0.4, 0.5) is 10.2 Å². The molecule has 1 aromatic rings. The number of amides is 1. The number of halogens is 1. The monoisotopic (exact) mass is 296 g/mol. The van der Waals surface area contributed by atoms with Crippen molar-refractivity contribution >= 4 is 11.7 Å². The molecule has 2 N–H and O–H groups in total. The first-order valence-electron chi connectivity index (χ1n) is 7.44. The van der Waals surface area contributed by atoms with Gasteiger partial charge >= 0.3 is 0 Å². The fourth-order valence-corrected chi connectivity index (χ4v) is 2.14. The van der Waals surface area contributed by atoms with Crippen LogP contribution in [0.1, 0.15) is 38.1 Å². The Morgan fingerprint density at radius 3 is 2.62 bits per heavy atom. The van der Waals surface area contributed by atoms with Gasteiger partial charge in [-0.3, -0.25) is 4.79 Å². The number of likely N-dealkylation sites (N-methyl/N-ethyl adjacent to an activating group) is 1. The number of hydrogen-bond donors (Lipinski definition) is 2. The Kier molecular flexibility index (Phi) is 7.08. The fourth-order valence-electron chi connectivity index (χ4n) is 2.14. The van der Waals surface area contributed by atoms with Crippen molar-refractivity contribution in [3.05, 3.63) is 23.6 Å². The van der Waals surface area contributed by atoms with Crippen molar-refractivity contribution in [1.29, 1.82) is 0 Å². The molecule has 0 aliphatic rings. The smallest absolute Gasteiger partial charge is 0.255 e. The van der Waals surface area contributed by atoms with E-state index < -0.39 is 5.82 Å². The van der Waals surface area contributed by atoms with Gasteiger partial charge in [0.1, 0.15) is 11.6 Å². The number of anilines is 1. The largest absolute Gasteiger partial charge is 0.370 e. The third kappa shape index (κ3) is 5.30. The van der Waals surface area contributed by atoms with E-state index >= 15 is 0 Å². The van der Waals surface area contributed by atoms with Gasteiger partial charge in [-0.25, -0.2) is 9.37 Å². The van der Waals surface area contributed by atoms with E-state index in [1.165, 1.54) is 6.07 Å². The lowest BCUT2D eigenvalue weighted by molar-refractivity contribution is 0.0930. The summed E-state index contributed by atoms with van der Waals surface area (Å²) in [5.41, 5.74) is 0.239. The maximum atomic E-state index is 13.3. The summed E-state index contributed by atoms with van der Waals surface area (Å²) in [6.45, 7) is 11.2. The van der Waals surface area contributed by atoms with Crippen LogP contribution in [0.15, 0.2) is 12.3 Å². The van der Waals surface area contributed by atoms with Crippen molar-refractivity contribution < 1.29 is 9.18 Å². The van der Waals surface area contributed by atoms with Crippen LogP contribution < -0.4 is 10.6 Å². The van der Waals surface area contributed by atoms with Crippen molar-refractivity contribution in [3.8, 4) is 0 Å². The molecule has 5 nitrogen and oxygen atoms in total. The first-order valence-corrected chi connectivity index (χ1v) is 7.44. The molecule has 0 saturated heterocycles. The van der Waals surface area contributed by atoms with E-state index in [2.05, 4.69) is 34.4 Å². The van der Waals surface area contributed by atoms with Gasteiger partial charge in [0, 0.05) is 19.1 Å². The normalized spacial score (nSPS) is 12.3. The maximum absolute atomic E-state index is 13.3. The highest BCUT2D eigenvalue weighted by Gasteiger charge is 2.16. The molecule has 118 valence electrons. The van der Waals surface area contributed by atoms with E-state index in [9.17, 15) is 9.18 Å². The molecule has 0 radical (unpaired) electrons. The third-order valence-corrected chi connectivity index (χ3v) is 3.25. The molecule has 0 aliphatic carbocycles. The lowest BCUT2D eigenvalue weighted by atomic mass is 10.2. The van der Waals surface area contributed by atoms with E-state index in [0.29, 0.717) is 12.4 Å². The van der Waals surface area contributed by atoms with Crippen LogP contribution in [0.25, 0.3) is 0 Å². The first-order chi connectivity index (χ1) is 10.0. The van der Waals surface area contributed by atoms with E-state index in [0.717, 1.165) is 25.8 Å². The van der Waals surface area contributed by atoms with Gasteiger partial charge in [0.2, 0.25) is 0 Å². The fraction of sp³-hybridized carbons (Fsp3) is 0.600. The standard InChI is InChI=1S/C15H25FN4O/c1-5-17-14-13(8-12(16)9-18-14)15(21)19-11(4)10-20(6-2)7-3/h8-9,11H,5-7,10H2,1-4H3,(H,17,18)(H,19,21). The minimum absolute atomic E-state index is 0.0184. The molecule has 0 fully saturated rings. The number of aromatic nitrogens is 1. The van der Waals surface area contributed by atoms with Crippen LogP contribution >= 0.6 is 0 Å². The summed E-state index contributed by atoms with van der Waals surface area (Å²) in [5.74, 6) is -0.415. The molecule has 1 amide bonds. The first kappa shape index (κ1) is 17.4. The molecule has 1 aromatic heterocycles. The van der Waals surface area contributed by atoms with Gasteiger partial charge in [0.25, 0.3) is 5.91 Å². The van der Waals surface area contributed by atoms with E-state index in [-0.39, 0.29) is 17.5 Å². The third-order valence-electron chi connectivity index (χ3n) is 3.25. The second-order valence-corrected chi connectivity index (χ2v) is 4.94. The van der Waals surface area contributed by atoms with Crippen molar-refractivity contribution in [3.63, 3.8) is 0 Å². The van der Waals surface area contributed by atoms with Gasteiger partial charge in [-0.05, 0) is 33.0 Å². The van der Waals surface area contributed by atoms with Crippen LogP contribution in [-0.4, -0.2) is 48.0 Å².